The standard InChI is InChI=1S/C12H15N3O4S/c1-8-2-4-9(5-3-8)20(18,19)15-14-12(17)10-6-7-11(16)13-10/h2-5,10,15H,6-7H2,1H3,(H,13,16)(H,14,17). The number of benzene rings is 1. The maximum absolute atomic E-state index is 11.9. The molecule has 0 saturated carbocycles. The Hall–Kier alpha value is -1.93. The predicted octanol–water partition coefficient (Wildman–Crippen LogP) is -0.417. The van der Waals surface area contributed by atoms with Gasteiger partial charge in [0.25, 0.3) is 15.9 Å². The molecule has 1 aliphatic rings. The van der Waals surface area contributed by atoms with Crippen LogP contribution in [-0.4, -0.2) is 26.3 Å². The summed E-state index contributed by atoms with van der Waals surface area (Å²) in [6, 6.07) is 5.52. The maximum Gasteiger partial charge on any atom is 0.257 e. The second-order valence-corrected chi connectivity index (χ2v) is 6.25. The number of rotatable bonds is 4. The number of hydrazine groups is 1. The zero-order valence-electron chi connectivity index (χ0n) is 10.8. The van der Waals surface area contributed by atoms with Crippen molar-refractivity contribution in [2.24, 2.45) is 0 Å². The van der Waals surface area contributed by atoms with E-state index in [1.165, 1.54) is 12.1 Å². The van der Waals surface area contributed by atoms with Crippen LogP contribution in [0.2, 0.25) is 0 Å². The number of nitrogens with one attached hydrogen (secondary N) is 3. The highest BCUT2D eigenvalue weighted by atomic mass is 32.2. The SMILES string of the molecule is Cc1ccc(S(=O)(=O)NNC(=O)C2CCC(=O)N2)cc1. The van der Waals surface area contributed by atoms with E-state index >= 15 is 0 Å². The lowest BCUT2D eigenvalue weighted by Crippen LogP contribution is -2.49. The van der Waals surface area contributed by atoms with E-state index in [1.54, 1.807) is 12.1 Å². The van der Waals surface area contributed by atoms with Crippen molar-refractivity contribution in [2.45, 2.75) is 30.7 Å². The smallest absolute Gasteiger partial charge is 0.257 e. The van der Waals surface area contributed by atoms with Crippen molar-refractivity contribution in [1.82, 2.24) is 15.6 Å². The van der Waals surface area contributed by atoms with Crippen molar-refractivity contribution in [3.8, 4) is 0 Å². The molecule has 1 heterocycles. The van der Waals surface area contributed by atoms with Crippen LogP contribution in [-0.2, 0) is 19.6 Å². The van der Waals surface area contributed by atoms with Crippen molar-refractivity contribution in [3.05, 3.63) is 29.8 Å². The predicted molar refractivity (Wildman–Crippen MR) is 70.8 cm³/mol. The Kier molecular flexibility index (Phi) is 4.05. The van der Waals surface area contributed by atoms with Gasteiger partial charge in [-0.25, -0.2) is 8.42 Å². The number of carbonyl (C=O) groups excluding carboxylic acids is 2. The zero-order valence-corrected chi connectivity index (χ0v) is 11.7. The third-order valence-electron chi connectivity index (χ3n) is 2.95. The Labute approximate surface area is 116 Å². The van der Waals surface area contributed by atoms with Gasteiger partial charge < -0.3 is 5.32 Å². The number of amides is 2. The van der Waals surface area contributed by atoms with Crippen LogP contribution in [0.1, 0.15) is 18.4 Å². The summed E-state index contributed by atoms with van der Waals surface area (Å²) >= 11 is 0. The summed E-state index contributed by atoms with van der Waals surface area (Å²) < 4.78 is 23.8. The molecule has 0 aliphatic carbocycles. The lowest BCUT2D eigenvalue weighted by atomic mass is 10.2. The maximum atomic E-state index is 11.9. The summed E-state index contributed by atoms with van der Waals surface area (Å²) in [5.74, 6) is -0.793. The van der Waals surface area contributed by atoms with E-state index in [1.807, 2.05) is 11.8 Å². The zero-order chi connectivity index (χ0) is 14.8. The molecule has 3 N–H and O–H groups in total. The molecule has 1 aromatic carbocycles. The first-order valence-corrected chi connectivity index (χ1v) is 7.54. The number of carbonyl (C=O) groups is 2. The van der Waals surface area contributed by atoms with Crippen LogP contribution < -0.4 is 15.6 Å². The molecule has 1 atom stereocenters. The lowest BCUT2D eigenvalue weighted by Gasteiger charge is -2.12. The molecule has 1 saturated heterocycles. The van der Waals surface area contributed by atoms with Gasteiger partial charge in [0, 0.05) is 6.42 Å². The molecule has 108 valence electrons. The van der Waals surface area contributed by atoms with Crippen LogP contribution in [0, 0.1) is 6.92 Å². The van der Waals surface area contributed by atoms with E-state index in [0.717, 1.165) is 5.56 Å². The molecule has 8 heteroatoms. The van der Waals surface area contributed by atoms with Crippen LogP contribution in [0.5, 0.6) is 0 Å². The van der Waals surface area contributed by atoms with Crippen LogP contribution in [0.15, 0.2) is 29.2 Å². The fraction of sp³-hybridized carbons (Fsp3) is 0.333. The Bertz CT molecular complexity index is 625. The van der Waals surface area contributed by atoms with Gasteiger partial charge in [0.05, 0.1) is 4.90 Å². The molecular formula is C12H15N3O4S. The molecule has 0 radical (unpaired) electrons. The summed E-state index contributed by atoms with van der Waals surface area (Å²) in [6.07, 6.45) is 0.625. The van der Waals surface area contributed by atoms with Gasteiger partial charge in [-0.15, -0.1) is 4.83 Å². The highest BCUT2D eigenvalue weighted by molar-refractivity contribution is 7.89. The largest absolute Gasteiger partial charge is 0.344 e. The van der Waals surface area contributed by atoms with Gasteiger partial charge in [-0.05, 0) is 25.5 Å². The van der Waals surface area contributed by atoms with E-state index < -0.39 is 22.0 Å². The summed E-state index contributed by atoms with van der Waals surface area (Å²) in [5, 5.41) is 2.45. The fourth-order valence-electron chi connectivity index (χ4n) is 1.79. The Balaban J connectivity index is 1.97. The van der Waals surface area contributed by atoms with Gasteiger partial charge >= 0.3 is 0 Å². The highest BCUT2D eigenvalue weighted by Gasteiger charge is 2.28. The molecule has 2 amide bonds. The van der Waals surface area contributed by atoms with Crippen LogP contribution >= 0.6 is 0 Å². The molecule has 0 bridgehead atoms. The number of hydrogen-bond donors (Lipinski definition) is 3. The van der Waals surface area contributed by atoms with Gasteiger partial charge in [0.15, 0.2) is 0 Å². The molecule has 20 heavy (non-hydrogen) atoms. The third-order valence-corrected chi connectivity index (χ3v) is 4.22. The average molecular weight is 297 g/mol. The van der Waals surface area contributed by atoms with Crippen molar-refractivity contribution in [1.29, 1.82) is 0 Å². The first-order chi connectivity index (χ1) is 9.38. The molecule has 1 unspecified atom stereocenters. The third kappa shape index (κ3) is 3.34. The van der Waals surface area contributed by atoms with Gasteiger partial charge in [-0.3, -0.25) is 15.0 Å². The van der Waals surface area contributed by atoms with E-state index in [2.05, 4.69) is 10.7 Å². The van der Waals surface area contributed by atoms with Crippen molar-refractivity contribution in [2.75, 3.05) is 0 Å². The molecule has 0 aromatic heterocycles. The normalized spacial score (nSPS) is 18.6. The summed E-state index contributed by atoms with van der Waals surface area (Å²) in [4.78, 5) is 24.7. The molecule has 1 aliphatic heterocycles. The first-order valence-electron chi connectivity index (χ1n) is 6.06. The summed E-state index contributed by atoms with van der Waals surface area (Å²) in [6.45, 7) is 1.84. The van der Waals surface area contributed by atoms with Crippen LogP contribution in [0.25, 0.3) is 0 Å². The molecule has 1 aromatic rings. The Morgan fingerprint density at radius 1 is 1.30 bits per heavy atom. The monoisotopic (exact) mass is 297 g/mol. The molecule has 7 nitrogen and oxygen atoms in total. The van der Waals surface area contributed by atoms with Gasteiger partial charge in [-0.2, -0.15) is 0 Å². The van der Waals surface area contributed by atoms with E-state index in [9.17, 15) is 18.0 Å². The Morgan fingerprint density at radius 2 is 1.95 bits per heavy atom. The minimum atomic E-state index is -3.81. The van der Waals surface area contributed by atoms with E-state index in [4.69, 9.17) is 0 Å². The molecule has 1 fully saturated rings. The summed E-state index contributed by atoms with van der Waals surface area (Å²) in [5.41, 5.74) is 3.04. The van der Waals surface area contributed by atoms with Gasteiger partial charge in [0.2, 0.25) is 5.91 Å². The number of sulfonamides is 1. The molecular weight excluding hydrogens is 282 g/mol. The lowest BCUT2D eigenvalue weighted by molar-refractivity contribution is -0.126. The van der Waals surface area contributed by atoms with Crippen molar-refractivity contribution in [3.63, 3.8) is 0 Å². The second kappa shape index (κ2) is 5.59. The summed E-state index contributed by atoms with van der Waals surface area (Å²) in [7, 11) is -3.81. The topological polar surface area (TPSA) is 104 Å². The molecule has 2 rings (SSSR count). The van der Waals surface area contributed by atoms with Gasteiger partial charge in [-0.1, -0.05) is 17.7 Å². The second-order valence-electron chi connectivity index (χ2n) is 4.57. The van der Waals surface area contributed by atoms with Crippen LogP contribution in [0.4, 0.5) is 0 Å². The minimum absolute atomic E-state index is 0.0545. The molecule has 0 spiro atoms. The first kappa shape index (κ1) is 14.5. The van der Waals surface area contributed by atoms with E-state index in [0.29, 0.717) is 6.42 Å². The number of aryl methyl sites for hydroxylation is 1. The van der Waals surface area contributed by atoms with Crippen molar-refractivity contribution >= 4 is 21.8 Å². The van der Waals surface area contributed by atoms with Crippen molar-refractivity contribution < 1.29 is 18.0 Å². The Morgan fingerprint density at radius 3 is 2.50 bits per heavy atom. The fourth-order valence-corrected chi connectivity index (χ4v) is 2.64. The highest BCUT2D eigenvalue weighted by Crippen LogP contribution is 2.09. The quantitative estimate of drug-likeness (QED) is 0.657. The van der Waals surface area contributed by atoms with E-state index in [-0.39, 0.29) is 17.2 Å². The van der Waals surface area contributed by atoms with Crippen LogP contribution in [0.3, 0.4) is 0 Å². The number of hydrogen-bond acceptors (Lipinski definition) is 4. The average Bonchev–Trinajstić information content (AvgIpc) is 2.83. The minimum Gasteiger partial charge on any atom is -0.344 e. The van der Waals surface area contributed by atoms with Gasteiger partial charge in [0.1, 0.15) is 6.04 Å².